The van der Waals surface area contributed by atoms with Gasteiger partial charge in [0.25, 0.3) is 0 Å². The van der Waals surface area contributed by atoms with Crippen molar-refractivity contribution in [3.8, 4) is 0 Å². The van der Waals surface area contributed by atoms with Crippen LogP contribution in [0.3, 0.4) is 0 Å². The van der Waals surface area contributed by atoms with Gasteiger partial charge in [-0.3, -0.25) is 0 Å². The average molecular weight is 252 g/mol. The number of hydrogen-bond donors (Lipinski definition) is 0. The Balaban J connectivity index is 0.000000191. The second-order valence-corrected chi connectivity index (χ2v) is 7.51. The molecular formula is C18H34. The van der Waals surface area contributed by atoms with Crippen molar-refractivity contribution in [2.24, 2.45) is 29.1 Å². The van der Waals surface area contributed by atoms with Gasteiger partial charge in [0, 0.05) is 1.37 Å². The normalized spacial score (nSPS) is 43.6. The Morgan fingerprint density at radius 3 is 1.50 bits per heavy atom. The minimum atomic E-state index is 0.155. The van der Waals surface area contributed by atoms with Crippen molar-refractivity contribution < 1.29 is 1.37 Å². The fraction of sp³-hybridized carbons (Fsp3) is 0.889. The fourth-order valence-corrected chi connectivity index (χ4v) is 3.49. The van der Waals surface area contributed by atoms with Crippen LogP contribution in [0, 0.1) is 29.1 Å². The highest BCUT2D eigenvalue weighted by molar-refractivity contribution is 5.20. The highest BCUT2D eigenvalue weighted by Gasteiger charge is 2.34. The summed E-state index contributed by atoms with van der Waals surface area (Å²) in [6, 6.07) is 0. The van der Waals surface area contributed by atoms with E-state index in [1.165, 1.54) is 12.8 Å². The third kappa shape index (κ3) is 3.62. The zero-order valence-electron chi connectivity index (χ0n) is 14.8. The highest BCUT2D eigenvalue weighted by atomic mass is 14.4. The molecule has 0 heterocycles. The van der Waals surface area contributed by atoms with E-state index >= 15 is 0 Å². The van der Waals surface area contributed by atoms with Crippen LogP contribution in [0.25, 0.3) is 0 Å². The Morgan fingerprint density at radius 1 is 0.944 bits per heavy atom. The van der Waals surface area contributed by atoms with Crippen molar-refractivity contribution in [2.75, 3.05) is 0 Å². The topological polar surface area (TPSA) is 0 Å². The third-order valence-corrected chi connectivity index (χ3v) is 5.52. The molecule has 0 N–H and O–H groups in total. The average Bonchev–Trinajstić information content (AvgIpc) is 2.64. The van der Waals surface area contributed by atoms with Gasteiger partial charge in [-0.2, -0.15) is 0 Å². The standard InChI is InChI=1S/C9H18.C9H16/c1-7-5-8(2)9(3,4)6-7;1-6-5-7(2)9(4)8(6)3/h7-8H,5-6H2,1-4H3;6-7H,5H2,1-4H3/i6T;. The lowest BCUT2D eigenvalue weighted by Gasteiger charge is -2.22. The molecule has 2 aliphatic rings. The Bertz CT molecular complexity index is 324. The fourth-order valence-electron chi connectivity index (χ4n) is 3.49. The molecular weight excluding hydrogens is 216 g/mol. The predicted octanol–water partition coefficient (Wildman–Crippen LogP) is 6.08. The molecule has 2 rings (SSSR count). The first-order valence-electron chi connectivity index (χ1n) is 8.26. The van der Waals surface area contributed by atoms with Crippen LogP contribution >= 0.6 is 0 Å². The Kier molecular flexibility index (Phi) is 4.56. The Labute approximate surface area is 117 Å². The van der Waals surface area contributed by atoms with E-state index in [9.17, 15) is 0 Å². The number of allylic oxidation sites excluding steroid dienone is 2. The minimum absolute atomic E-state index is 0.155. The van der Waals surface area contributed by atoms with Crippen LogP contribution in [0.15, 0.2) is 11.1 Å². The molecule has 0 heteroatoms. The summed E-state index contributed by atoms with van der Waals surface area (Å²) >= 11 is 0. The predicted molar refractivity (Wildman–Crippen MR) is 82.7 cm³/mol. The van der Waals surface area contributed by atoms with Crippen LogP contribution in [0.5, 0.6) is 0 Å². The van der Waals surface area contributed by atoms with E-state index in [1.54, 1.807) is 11.1 Å². The summed E-state index contributed by atoms with van der Waals surface area (Å²) in [6.45, 7) is 18.1. The minimum Gasteiger partial charge on any atom is -0.0713 e. The first kappa shape index (κ1) is 14.2. The lowest BCUT2D eigenvalue weighted by Crippen LogP contribution is -2.13. The smallest absolute Gasteiger partial charge is 0.0275 e. The molecule has 0 aliphatic heterocycles. The Morgan fingerprint density at radius 2 is 1.39 bits per heavy atom. The zero-order chi connectivity index (χ0) is 15.0. The lowest BCUT2D eigenvalue weighted by molar-refractivity contribution is 0.278. The molecule has 0 aromatic rings. The molecule has 0 radical (unpaired) electrons. The van der Waals surface area contributed by atoms with Crippen LogP contribution < -0.4 is 0 Å². The second kappa shape index (κ2) is 5.80. The SMILES string of the molecule is CC1=C(C)C(C)CC1C.[3H]C1C(C)CC(C)C1(C)C. The van der Waals surface area contributed by atoms with E-state index in [0.717, 1.165) is 17.8 Å². The van der Waals surface area contributed by atoms with Crippen molar-refractivity contribution in [3.63, 3.8) is 0 Å². The molecule has 0 saturated heterocycles. The molecule has 0 aromatic carbocycles. The van der Waals surface area contributed by atoms with Gasteiger partial charge in [0.15, 0.2) is 0 Å². The molecule has 18 heavy (non-hydrogen) atoms. The summed E-state index contributed by atoms with van der Waals surface area (Å²) in [7, 11) is 0. The first-order valence-corrected chi connectivity index (χ1v) is 7.68. The molecule has 0 nitrogen and oxygen atoms in total. The molecule has 0 amide bonds. The molecule has 106 valence electrons. The van der Waals surface area contributed by atoms with Gasteiger partial charge in [-0.15, -0.1) is 0 Å². The molecule has 1 fully saturated rings. The van der Waals surface area contributed by atoms with Crippen molar-refractivity contribution in [1.29, 1.82) is 0 Å². The van der Waals surface area contributed by atoms with Gasteiger partial charge in [0.05, 0.1) is 0 Å². The van der Waals surface area contributed by atoms with Crippen LogP contribution in [-0.2, 0) is 0 Å². The summed E-state index contributed by atoms with van der Waals surface area (Å²) in [5.41, 5.74) is 3.50. The Hall–Kier alpha value is -0.260. The third-order valence-electron chi connectivity index (χ3n) is 5.52. The van der Waals surface area contributed by atoms with Crippen molar-refractivity contribution >= 4 is 0 Å². The monoisotopic (exact) mass is 252 g/mol. The van der Waals surface area contributed by atoms with Crippen LogP contribution in [-0.4, -0.2) is 0 Å². The van der Waals surface area contributed by atoms with Gasteiger partial charge < -0.3 is 0 Å². The first-order chi connectivity index (χ1) is 8.59. The second-order valence-electron chi connectivity index (χ2n) is 7.51. The maximum atomic E-state index is 7.87. The van der Waals surface area contributed by atoms with E-state index in [0.29, 0.717) is 5.92 Å². The van der Waals surface area contributed by atoms with Crippen molar-refractivity contribution in [2.45, 2.75) is 74.6 Å². The quantitative estimate of drug-likeness (QED) is 0.458. The van der Waals surface area contributed by atoms with Gasteiger partial charge in [0.2, 0.25) is 0 Å². The molecule has 0 bridgehead atoms. The number of hydrogen-bond acceptors (Lipinski definition) is 0. The van der Waals surface area contributed by atoms with Crippen LogP contribution in [0.1, 0.15) is 76.0 Å². The lowest BCUT2D eigenvalue weighted by atomic mass is 9.83. The molecule has 0 spiro atoms. The van der Waals surface area contributed by atoms with Gasteiger partial charge >= 0.3 is 0 Å². The van der Waals surface area contributed by atoms with E-state index in [-0.39, 0.29) is 11.8 Å². The summed E-state index contributed by atoms with van der Waals surface area (Å²) in [4.78, 5) is 0. The van der Waals surface area contributed by atoms with Crippen LogP contribution in [0.4, 0.5) is 0 Å². The van der Waals surface area contributed by atoms with E-state index in [2.05, 4.69) is 55.4 Å². The van der Waals surface area contributed by atoms with Crippen molar-refractivity contribution in [1.82, 2.24) is 0 Å². The van der Waals surface area contributed by atoms with E-state index in [4.69, 9.17) is 1.37 Å². The van der Waals surface area contributed by atoms with Crippen molar-refractivity contribution in [3.05, 3.63) is 11.1 Å². The highest BCUT2D eigenvalue weighted by Crippen LogP contribution is 2.45. The molecule has 2 aliphatic carbocycles. The maximum absolute atomic E-state index is 7.87. The van der Waals surface area contributed by atoms with E-state index in [1.807, 2.05) is 0 Å². The maximum Gasteiger partial charge on any atom is 0.0275 e. The molecule has 1 saturated carbocycles. The largest absolute Gasteiger partial charge is 0.0713 e. The summed E-state index contributed by atoms with van der Waals surface area (Å²) in [6.07, 6.45) is 2.77. The van der Waals surface area contributed by atoms with Gasteiger partial charge in [-0.25, -0.2) is 0 Å². The van der Waals surface area contributed by atoms with Gasteiger partial charge in [-0.05, 0) is 62.2 Å². The summed E-state index contributed by atoms with van der Waals surface area (Å²) in [5, 5.41) is 0. The van der Waals surface area contributed by atoms with Gasteiger partial charge in [0.1, 0.15) is 0 Å². The molecule has 0 aromatic heterocycles. The van der Waals surface area contributed by atoms with Gasteiger partial charge in [-0.1, -0.05) is 52.7 Å². The number of rotatable bonds is 0. The molecule has 5 unspecified atom stereocenters. The summed E-state index contributed by atoms with van der Waals surface area (Å²) in [5.74, 6) is 3.02. The van der Waals surface area contributed by atoms with E-state index < -0.39 is 0 Å². The summed E-state index contributed by atoms with van der Waals surface area (Å²) < 4.78 is 7.87. The zero-order valence-corrected chi connectivity index (χ0v) is 13.8. The molecule has 5 atom stereocenters. The van der Waals surface area contributed by atoms with Crippen LogP contribution in [0.2, 0.25) is 0 Å².